The van der Waals surface area contributed by atoms with Crippen LogP contribution in [0.5, 0.6) is 5.75 Å². The predicted octanol–water partition coefficient (Wildman–Crippen LogP) is 17.1. The average molecular weight is 1110 g/mol. The molecule has 3 aromatic heterocycles. The second-order valence-corrected chi connectivity index (χ2v) is 20.7. The fraction of sp³-hybridized carbons (Fsp3) is 0.236. The van der Waals surface area contributed by atoms with Gasteiger partial charge in [-0.3, -0.25) is 0 Å². The molecule has 9 aromatic rings. The van der Waals surface area contributed by atoms with Crippen molar-refractivity contribution < 1.29 is 9.13 Å². The SMILES string of the molecule is COc1ccccc1NC1CCCc2c1[nH]c1ccc(Br)cc21.Clc1ccccc1NC1CCCc2c1[nH]c1ccc(Br)cc21.Fc1ccccc1NC1CCCc2c1[nH]c1ccc(Br)cc21. The number of ether oxygens (including phenoxy) is 1. The summed E-state index contributed by atoms with van der Waals surface area (Å²) in [6.07, 6.45) is 10.1. The molecule has 0 fully saturated rings. The monoisotopic (exact) mass is 1100 g/mol. The number of aromatic amines is 3. The first-order valence-corrected chi connectivity index (χ1v) is 25.8. The third kappa shape index (κ3) is 9.75. The Morgan fingerprint density at radius 1 is 0.507 bits per heavy atom. The molecule has 342 valence electrons. The molecule has 3 aliphatic rings. The van der Waals surface area contributed by atoms with E-state index in [2.05, 4.69) is 133 Å². The van der Waals surface area contributed by atoms with Crippen LogP contribution in [0.25, 0.3) is 32.7 Å². The zero-order valence-corrected chi connectivity index (χ0v) is 42.5. The zero-order chi connectivity index (χ0) is 46.0. The molecule has 6 N–H and O–H groups in total. The number of aromatic nitrogens is 3. The standard InChI is InChI=1S/C19H19BrN2O.C18H16BrClN2.C18H16BrFN2/c1-23-18-8-3-2-6-16(18)21-17-7-4-5-13-14-11-12(20)9-10-15(14)22-19(13)17;2*19-11-8-9-15-13(10-11)12-4-3-7-17(18(12)22-15)21-16-6-2-1-5-14(16)20/h2-3,6,8-11,17,21-22H,4-5,7H2,1H3;2*1-2,5-6,8-10,17,21-22H,3-4,7H2. The Balaban J connectivity index is 0.000000118. The highest BCUT2D eigenvalue weighted by Crippen LogP contribution is 2.41. The number of H-pyrrole nitrogens is 3. The maximum Gasteiger partial charge on any atom is 0.146 e. The van der Waals surface area contributed by atoms with Crippen LogP contribution in [0, 0.1) is 5.82 Å². The Labute approximate surface area is 420 Å². The molecule has 0 saturated carbocycles. The second-order valence-electron chi connectivity index (χ2n) is 17.5. The number of anilines is 3. The Kier molecular flexibility index (Phi) is 13.7. The van der Waals surface area contributed by atoms with Gasteiger partial charge in [-0.15, -0.1) is 0 Å². The van der Waals surface area contributed by atoms with Crippen molar-refractivity contribution in [2.45, 2.75) is 75.9 Å². The molecule has 0 saturated heterocycles. The Morgan fingerprint density at radius 3 is 1.34 bits per heavy atom. The summed E-state index contributed by atoms with van der Waals surface area (Å²) < 4.78 is 22.7. The Hall–Kier alpha value is -5.20. The van der Waals surface area contributed by atoms with Crippen LogP contribution in [0.3, 0.4) is 0 Å². The quantitative estimate of drug-likeness (QED) is 0.0959. The molecular formula is C55H51Br3ClFN6O. The summed E-state index contributed by atoms with van der Waals surface area (Å²) in [5.74, 6) is 0.687. The van der Waals surface area contributed by atoms with E-state index in [4.69, 9.17) is 16.3 Å². The summed E-state index contributed by atoms with van der Waals surface area (Å²) in [5.41, 5.74) is 14.2. The molecule has 6 aromatic carbocycles. The molecule has 0 amide bonds. The van der Waals surface area contributed by atoms with Gasteiger partial charge in [-0.2, -0.15) is 0 Å². The van der Waals surface area contributed by atoms with Crippen molar-refractivity contribution >= 4 is 109 Å². The minimum atomic E-state index is -0.200. The molecule has 67 heavy (non-hydrogen) atoms. The van der Waals surface area contributed by atoms with E-state index < -0.39 is 0 Å². The van der Waals surface area contributed by atoms with Gasteiger partial charge in [-0.1, -0.05) is 95.8 Å². The van der Waals surface area contributed by atoms with Gasteiger partial charge in [0.25, 0.3) is 0 Å². The van der Waals surface area contributed by atoms with E-state index in [0.717, 1.165) is 86.0 Å². The van der Waals surface area contributed by atoms with Gasteiger partial charge in [0.1, 0.15) is 11.6 Å². The molecule has 3 atom stereocenters. The lowest BCUT2D eigenvalue weighted by Crippen LogP contribution is -2.17. The highest BCUT2D eigenvalue weighted by molar-refractivity contribution is 9.11. The molecule has 3 aliphatic carbocycles. The summed E-state index contributed by atoms with van der Waals surface area (Å²) >= 11 is 17.0. The van der Waals surface area contributed by atoms with Crippen molar-refractivity contribution in [3.8, 4) is 5.75 Å². The average Bonchev–Trinajstić information content (AvgIpc) is 4.03. The van der Waals surface area contributed by atoms with Crippen LogP contribution in [0.4, 0.5) is 21.5 Å². The lowest BCUT2D eigenvalue weighted by atomic mass is 9.91. The highest BCUT2D eigenvalue weighted by Gasteiger charge is 2.27. The van der Waals surface area contributed by atoms with E-state index in [-0.39, 0.29) is 17.9 Å². The van der Waals surface area contributed by atoms with Crippen LogP contribution < -0.4 is 20.7 Å². The van der Waals surface area contributed by atoms with Crippen LogP contribution in [-0.4, -0.2) is 22.1 Å². The van der Waals surface area contributed by atoms with Crippen LogP contribution in [0.15, 0.2) is 141 Å². The maximum absolute atomic E-state index is 13.9. The van der Waals surface area contributed by atoms with Crippen LogP contribution >= 0.6 is 59.4 Å². The molecule has 0 spiro atoms. The number of methoxy groups -OCH3 is 1. The highest BCUT2D eigenvalue weighted by atomic mass is 79.9. The van der Waals surface area contributed by atoms with Crippen molar-refractivity contribution in [2.24, 2.45) is 0 Å². The largest absolute Gasteiger partial charge is 0.495 e. The summed E-state index contributed by atoms with van der Waals surface area (Å²) in [7, 11) is 1.72. The Morgan fingerprint density at radius 2 is 0.896 bits per heavy atom. The van der Waals surface area contributed by atoms with E-state index >= 15 is 0 Å². The fourth-order valence-electron chi connectivity index (χ4n) is 10.2. The maximum atomic E-state index is 13.9. The first-order valence-electron chi connectivity index (χ1n) is 23.0. The van der Waals surface area contributed by atoms with Gasteiger partial charge in [0.2, 0.25) is 0 Å². The minimum Gasteiger partial charge on any atom is -0.495 e. The first kappa shape index (κ1) is 45.6. The molecule has 0 aliphatic heterocycles. The lowest BCUT2D eigenvalue weighted by Gasteiger charge is -2.25. The van der Waals surface area contributed by atoms with Gasteiger partial charge in [0.15, 0.2) is 0 Å². The molecule has 0 bridgehead atoms. The minimum absolute atomic E-state index is 0.131. The number of hydrogen-bond donors (Lipinski definition) is 6. The third-order valence-corrected chi connectivity index (χ3v) is 15.2. The van der Waals surface area contributed by atoms with E-state index in [1.165, 1.54) is 79.9 Å². The molecule has 0 radical (unpaired) electrons. The molecular weight excluding hydrogens is 1050 g/mol. The van der Waals surface area contributed by atoms with Crippen molar-refractivity contribution in [1.29, 1.82) is 0 Å². The normalized spacial score (nSPS) is 17.3. The fourth-order valence-corrected chi connectivity index (χ4v) is 11.5. The number of halogens is 5. The molecule has 12 rings (SSSR count). The van der Waals surface area contributed by atoms with E-state index in [9.17, 15) is 4.39 Å². The topological polar surface area (TPSA) is 92.7 Å². The number of aryl methyl sites for hydroxylation is 3. The number of benzene rings is 6. The van der Waals surface area contributed by atoms with Gasteiger partial charge < -0.3 is 35.6 Å². The number of nitrogens with one attached hydrogen (secondary N) is 6. The summed E-state index contributed by atoms with van der Waals surface area (Å²) in [4.78, 5) is 10.8. The van der Waals surface area contributed by atoms with Crippen molar-refractivity contribution in [3.05, 3.63) is 185 Å². The first-order chi connectivity index (χ1) is 32.7. The van der Waals surface area contributed by atoms with Gasteiger partial charge >= 0.3 is 0 Å². The van der Waals surface area contributed by atoms with Crippen molar-refractivity contribution in [2.75, 3.05) is 23.1 Å². The third-order valence-electron chi connectivity index (χ3n) is 13.4. The summed E-state index contributed by atoms with van der Waals surface area (Å²) in [6, 6.07) is 42.8. The van der Waals surface area contributed by atoms with Crippen LogP contribution in [0.2, 0.25) is 5.02 Å². The summed E-state index contributed by atoms with van der Waals surface area (Å²) in [5, 5.41) is 15.3. The van der Waals surface area contributed by atoms with E-state index in [1.54, 1.807) is 19.2 Å². The van der Waals surface area contributed by atoms with Gasteiger partial charge in [-0.25, -0.2) is 4.39 Å². The number of fused-ring (bicyclic) bond motifs is 9. The smallest absolute Gasteiger partial charge is 0.146 e. The zero-order valence-electron chi connectivity index (χ0n) is 37.0. The molecule has 3 unspecified atom stereocenters. The lowest BCUT2D eigenvalue weighted by molar-refractivity contribution is 0.415. The van der Waals surface area contributed by atoms with Gasteiger partial charge in [0, 0.05) is 63.2 Å². The molecule has 12 heteroatoms. The van der Waals surface area contributed by atoms with Crippen molar-refractivity contribution in [3.63, 3.8) is 0 Å². The predicted molar refractivity (Wildman–Crippen MR) is 287 cm³/mol. The van der Waals surface area contributed by atoms with Gasteiger partial charge in [-0.05, 0) is 165 Å². The molecule has 7 nitrogen and oxygen atoms in total. The number of rotatable bonds is 7. The van der Waals surface area contributed by atoms with E-state index in [0.29, 0.717) is 11.7 Å². The number of hydrogen-bond acceptors (Lipinski definition) is 4. The Bertz CT molecular complexity index is 3080. The van der Waals surface area contributed by atoms with Crippen LogP contribution in [0.1, 0.15) is 90.4 Å². The molecule has 3 heterocycles. The summed E-state index contributed by atoms with van der Waals surface area (Å²) in [6.45, 7) is 0. The van der Waals surface area contributed by atoms with Gasteiger partial charge in [0.05, 0.1) is 47.3 Å². The van der Waals surface area contributed by atoms with Crippen molar-refractivity contribution in [1.82, 2.24) is 15.0 Å². The second kappa shape index (κ2) is 20.2. The van der Waals surface area contributed by atoms with Crippen LogP contribution in [-0.2, 0) is 19.3 Å². The number of para-hydroxylation sites is 4. The van der Waals surface area contributed by atoms with E-state index in [1.807, 2.05) is 54.6 Å².